The maximum Gasteiger partial charge on any atom is 0.331 e. The number of hydrogen-bond donors (Lipinski definition) is 2. The summed E-state index contributed by atoms with van der Waals surface area (Å²) >= 11 is 1.25. The van der Waals surface area contributed by atoms with Gasteiger partial charge in [-0.15, -0.1) is 11.3 Å². The lowest BCUT2D eigenvalue weighted by Gasteiger charge is -2.29. The summed E-state index contributed by atoms with van der Waals surface area (Å²) in [4.78, 5) is 47.8. The van der Waals surface area contributed by atoms with Gasteiger partial charge in [-0.05, 0) is 55.3 Å². The van der Waals surface area contributed by atoms with Crippen LogP contribution in [0, 0.1) is 6.92 Å². The molecule has 0 spiro atoms. The van der Waals surface area contributed by atoms with Crippen LogP contribution in [0.1, 0.15) is 48.8 Å². The third-order valence-corrected chi connectivity index (χ3v) is 8.12. The number of aryl methyl sites for hydroxylation is 1. The predicted octanol–water partition coefficient (Wildman–Crippen LogP) is 6.85. The van der Waals surface area contributed by atoms with Gasteiger partial charge < -0.3 is 20.3 Å². The Morgan fingerprint density at radius 1 is 1.10 bits per heavy atom. The smallest absolute Gasteiger partial charge is 0.331 e. The molecule has 1 atom stereocenters. The molecule has 41 heavy (non-hydrogen) atoms. The normalized spacial score (nSPS) is 15.7. The van der Waals surface area contributed by atoms with E-state index in [0.717, 1.165) is 16.7 Å². The number of ether oxygens (including phenoxy) is 1. The molecular formula is C31H33N5O4S. The number of likely N-dealkylation sites (tertiary alicyclic amines) is 1. The summed E-state index contributed by atoms with van der Waals surface area (Å²) in [5, 5.41) is 6.72. The Labute approximate surface area is 243 Å². The van der Waals surface area contributed by atoms with E-state index in [1.54, 1.807) is 22.1 Å². The van der Waals surface area contributed by atoms with Crippen molar-refractivity contribution in [3.8, 4) is 11.5 Å². The SMILES string of the molecule is CC.CCC(=O)N1CCC(NC(=O)c2sc3nccc4c3c2NC(=O)N4c2ccc(Oc3ccccc3)cc2C)C1. The van der Waals surface area contributed by atoms with Crippen molar-refractivity contribution in [3.05, 3.63) is 71.2 Å². The van der Waals surface area contributed by atoms with Gasteiger partial charge in [0.1, 0.15) is 21.2 Å². The first-order valence-corrected chi connectivity index (χ1v) is 14.7. The van der Waals surface area contributed by atoms with Crippen molar-refractivity contribution >= 4 is 56.5 Å². The number of nitrogens with one attached hydrogen (secondary N) is 2. The number of hydrogen-bond acceptors (Lipinski definition) is 6. The van der Waals surface area contributed by atoms with Crippen molar-refractivity contribution in [1.29, 1.82) is 0 Å². The van der Waals surface area contributed by atoms with Crippen molar-refractivity contribution in [2.75, 3.05) is 23.3 Å². The molecule has 4 heterocycles. The summed E-state index contributed by atoms with van der Waals surface area (Å²) in [5.74, 6) is 1.20. The summed E-state index contributed by atoms with van der Waals surface area (Å²) in [6.07, 6.45) is 2.80. The average molecular weight is 572 g/mol. The number of benzene rings is 2. The van der Waals surface area contributed by atoms with Crippen LogP contribution in [0.25, 0.3) is 10.2 Å². The molecule has 0 aliphatic carbocycles. The molecule has 2 aliphatic heterocycles. The highest BCUT2D eigenvalue weighted by atomic mass is 32.1. The Balaban J connectivity index is 0.00000165. The highest BCUT2D eigenvalue weighted by Crippen LogP contribution is 2.46. The molecule has 212 valence electrons. The fraction of sp³-hybridized carbons (Fsp3) is 0.290. The fourth-order valence-corrected chi connectivity index (χ4v) is 6.15. The first-order valence-electron chi connectivity index (χ1n) is 13.9. The minimum Gasteiger partial charge on any atom is -0.457 e. The second-order valence-electron chi connectivity index (χ2n) is 9.60. The highest BCUT2D eigenvalue weighted by Gasteiger charge is 2.34. The van der Waals surface area contributed by atoms with E-state index in [9.17, 15) is 14.4 Å². The number of amides is 4. The minimum absolute atomic E-state index is 0.0832. The van der Waals surface area contributed by atoms with Crippen molar-refractivity contribution in [2.24, 2.45) is 0 Å². The van der Waals surface area contributed by atoms with Crippen molar-refractivity contribution in [1.82, 2.24) is 15.2 Å². The average Bonchev–Trinajstić information content (AvgIpc) is 3.61. The van der Waals surface area contributed by atoms with Crippen LogP contribution >= 0.6 is 11.3 Å². The van der Waals surface area contributed by atoms with E-state index in [1.165, 1.54) is 11.3 Å². The first kappa shape index (κ1) is 28.1. The Hall–Kier alpha value is -4.44. The number of carbonyl (C=O) groups is 3. The van der Waals surface area contributed by atoms with E-state index in [0.29, 0.717) is 58.5 Å². The number of aromatic nitrogens is 1. The van der Waals surface area contributed by atoms with Crippen LogP contribution in [-0.2, 0) is 4.79 Å². The number of thiophene rings is 1. The van der Waals surface area contributed by atoms with Crippen LogP contribution in [0.4, 0.5) is 21.9 Å². The molecule has 0 saturated carbocycles. The second kappa shape index (κ2) is 12.0. The monoisotopic (exact) mass is 571 g/mol. The molecule has 2 N–H and O–H groups in total. The van der Waals surface area contributed by atoms with E-state index in [1.807, 2.05) is 76.2 Å². The molecule has 1 fully saturated rings. The van der Waals surface area contributed by atoms with E-state index < -0.39 is 0 Å². The van der Waals surface area contributed by atoms with Gasteiger partial charge in [-0.2, -0.15) is 0 Å². The van der Waals surface area contributed by atoms with Crippen LogP contribution in [0.5, 0.6) is 11.5 Å². The number of urea groups is 1. The molecule has 2 aliphatic rings. The van der Waals surface area contributed by atoms with Gasteiger partial charge in [0.15, 0.2) is 0 Å². The van der Waals surface area contributed by atoms with Gasteiger partial charge >= 0.3 is 6.03 Å². The quantitative estimate of drug-likeness (QED) is 0.264. The summed E-state index contributed by atoms with van der Waals surface area (Å²) in [6.45, 7) is 8.88. The first-order chi connectivity index (χ1) is 19.9. The van der Waals surface area contributed by atoms with Crippen LogP contribution in [0.3, 0.4) is 0 Å². The molecular weight excluding hydrogens is 538 g/mol. The molecule has 0 bridgehead atoms. The van der Waals surface area contributed by atoms with Crippen LogP contribution in [0.2, 0.25) is 0 Å². The zero-order valence-electron chi connectivity index (χ0n) is 23.6. The van der Waals surface area contributed by atoms with E-state index >= 15 is 0 Å². The lowest BCUT2D eigenvalue weighted by molar-refractivity contribution is -0.129. The number of carbonyl (C=O) groups excluding carboxylic acids is 3. The standard InChI is InChI=1S/C29H27N5O4S.C2H6/c1-3-23(35)33-14-12-18(16-33)31-27(36)26-25-24-22(11-13-30-28(24)39-26)34(29(37)32-25)21-10-9-20(15-17(21)2)38-19-7-5-4-6-8-19;1-2/h4-11,13,15,18H,3,12,14,16H2,1-2H3,(H,31,36)(H,32,37);1-2H3. The molecule has 9 nitrogen and oxygen atoms in total. The van der Waals surface area contributed by atoms with E-state index in [2.05, 4.69) is 15.6 Å². The molecule has 0 radical (unpaired) electrons. The molecule has 1 unspecified atom stereocenters. The number of pyridine rings is 1. The van der Waals surface area contributed by atoms with Gasteiger partial charge in [-0.3, -0.25) is 14.5 Å². The maximum atomic E-state index is 13.5. The topological polar surface area (TPSA) is 104 Å². The predicted molar refractivity (Wildman–Crippen MR) is 163 cm³/mol. The minimum atomic E-state index is -0.358. The molecule has 10 heteroatoms. The second-order valence-corrected chi connectivity index (χ2v) is 10.6. The van der Waals surface area contributed by atoms with Gasteiger partial charge in [-0.1, -0.05) is 39.0 Å². The number of anilines is 3. The van der Waals surface area contributed by atoms with Crippen LogP contribution in [-0.4, -0.2) is 46.9 Å². The Morgan fingerprint density at radius 2 is 1.88 bits per heavy atom. The van der Waals surface area contributed by atoms with Crippen molar-refractivity contribution in [2.45, 2.75) is 46.6 Å². The zero-order chi connectivity index (χ0) is 29.1. The van der Waals surface area contributed by atoms with E-state index in [-0.39, 0.29) is 23.9 Å². The lowest BCUT2D eigenvalue weighted by Crippen LogP contribution is -2.39. The number of nitrogens with zero attached hydrogens (tertiary/aromatic N) is 3. The van der Waals surface area contributed by atoms with Crippen molar-refractivity contribution in [3.63, 3.8) is 0 Å². The third kappa shape index (κ3) is 5.47. The van der Waals surface area contributed by atoms with Crippen LogP contribution < -0.4 is 20.3 Å². The maximum absolute atomic E-state index is 13.5. The Morgan fingerprint density at radius 3 is 2.61 bits per heavy atom. The molecule has 4 aromatic rings. The molecule has 1 saturated heterocycles. The van der Waals surface area contributed by atoms with Gasteiger partial charge in [0, 0.05) is 31.7 Å². The molecule has 2 aromatic carbocycles. The molecule has 4 amide bonds. The van der Waals surface area contributed by atoms with Gasteiger partial charge in [-0.25, -0.2) is 9.78 Å². The fourth-order valence-electron chi connectivity index (χ4n) is 5.13. The summed E-state index contributed by atoms with van der Waals surface area (Å²) in [5.41, 5.74) is 2.69. The largest absolute Gasteiger partial charge is 0.457 e. The Bertz CT molecular complexity index is 1600. The van der Waals surface area contributed by atoms with E-state index in [4.69, 9.17) is 4.74 Å². The third-order valence-electron chi connectivity index (χ3n) is 7.02. The van der Waals surface area contributed by atoms with Gasteiger partial charge in [0.05, 0.1) is 22.4 Å². The summed E-state index contributed by atoms with van der Waals surface area (Å²) in [7, 11) is 0. The van der Waals surface area contributed by atoms with Gasteiger partial charge in [0.25, 0.3) is 5.91 Å². The highest BCUT2D eigenvalue weighted by molar-refractivity contribution is 7.21. The Kier molecular flexibility index (Phi) is 8.21. The molecule has 6 rings (SSSR count). The summed E-state index contributed by atoms with van der Waals surface area (Å²) < 4.78 is 5.96. The molecule has 2 aromatic heterocycles. The van der Waals surface area contributed by atoms with Crippen molar-refractivity contribution < 1.29 is 19.1 Å². The lowest BCUT2D eigenvalue weighted by atomic mass is 10.1. The number of para-hydroxylation sites is 1. The van der Waals surface area contributed by atoms with Crippen LogP contribution in [0.15, 0.2) is 60.8 Å². The summed E-state index contributed by atoms with van der Waals surface area (Å²) in [6, 6.07) is 16.4. The number of rotatable bonds is 6. The zero-order valence-corrected chi connectivity index (χ0v) is 24.4. The van der Waals surface area contributed by atoms with Gasteiger partial charge in [0.2, 0.25) is 5.91 Å².